The first kappa shape index (κ1) is 12.9. The molecule has 0 radical (unpaired) electrons. The number of nitrogens with one attached hydrogen (secondary N) is 1. The lowest BCUT2D eigenvalue weighted by Gasteiger charge is -2.04. The fourth-order valence-electron chi connectivity index (χ4n) is 1.54. The summed E-state index contributed by atoms with van der Waals surface area (Å²) in [7, 11) is -3.58. The van der Waals surface area contributed by atoms with Crippen LogP contribution in [0.15, 0.2) is 21.7 Å². The average molecular weight is 270 g/mol. The molecule has 0 amide bonds. The van der Waals surface area contributed by atoms with E-state index in [9.17, 15) is 8.42 Å². The molecule has 0 atom stereocenters. The molecule has 0 unspecified atom stereocenters. The number of nitrogens with zero attached hydrogens (tertiary/aromatic N) is 2. The Morgan fingerprint density at radius 3 is 2.94 bits per heavy atom. The summed E-state index contributed by atoms with van der Waals surface area (Å²) in [5.41, 5.74) is 6.29. The number of fused-ring (bicyclic) bond motifs is 1. The van der Waals surface area contributed by atoms with E-state index in [1.54, 1.807) is 0 Å². The van der Waals surface area contributed by atoms with Crippen LogP contribution < -0.4 is 10.5 Å². The van der Waals surface area contributed by atoms with E-state index in [1.807, 2.05) is 6.92 Å². The van der Waals surface area contributed by atoms with Crippen LogP contribution in [-0.2, 0) is 16.4 Å². The van der Waals surface area contributed by atoms with Gasteiger partial charge in [-0.05, 0) is 12.5 Å². The summed E-state index contributed by atoms with van der Waals surface area (Å²) in [6, 6.07) is 1.51. The van der Waals surface area contributed by atoms with Crippen molar-refractivity contribution in [3.63, 3.8) is 0 Å². The number of rotatable bonds is 5. The molecule has 8 heteroatoms. The summed E-state index contributed by atoms with van der Waals surface area (Å²) in [6.07, 6.45) is 1.89. The van der Waals surface area contributed by atoms with Gasteiger partial charge < -0.3 is 10.3 Å². The fraction of sp³-hybridized carbons (Fsp3) is 0.400. The first-order valence-corrected chi connectivity index (χ1v) is 7.01. The predicted octanol–water partition coefficient (Wildman–Crippen LogP) is 0.0222. The summed E-state index contributed by atoms with van der Waals surface area (Å²) in [4.78, 5) is 4.03. The average Bonchev–Trinajstić information content (AvgIpc) is 2.78. The van der Waals surface area contributed by atoms with E-state index in [0.29, 0.717) is 23.2 Å². The topological polar surface area (TPSA) is 111 Å². The summed E-state index contributed by atoms with van der Waals surface area (Å²) >= 11 is 0. The van der Waals surface area contributed by atoms with E-state index >= 15 is 0 Å². The molecule has 18 heavy (non-hydrogen) atoms. The van der Waals surface area contributed by atoms with Crippen LogP contribution in [0.4, 0.5) is 0 Å². The SMILES string of the molecule is CCc1noc2ncc(S(=O)(=O)NCCN)cc12. The zero-order chi connectivity index (χ0) is 13.2. The molecule has 0 saturated heterocycles. The Kier molecular flexibility index (Phi) is 3.60. The highest BCUT2D eigenvalue weighted by molar-refractivity contribution is 7.89. The van der Waals surface area contributed by atoms with Crippen LogP contribution >= 0.6 is 0 Å². The smallest absolute Gasteiger partial charge is 0.258 e. The van der Waals surface area contributed by atoms with Crippen molar-refractivity contribution in [2.45, 2.75) is 18.2 Å². The van der Waals surface area contributed by atoms with Gasteiger partial charge in [-0.1, -0.05) is 12.1 Å². The standard InChI is InChI=1S/C10H14N4O3S/c1-2-9-8-5-7(6-12-10(8)17-14-9)18(15,16)13-4-3-11/h5-6,13H,2-4,11H2,1H3. The summed E-state index contributed by atoms with van der Waals surface area (Å²) in [6.45, 7) is 2.33. The van der Waals surface area contributed by atoms with Crippen molar-refractivity contribution in [1.82, 2.24) is 14.9 Å². The zero-order valence-corrected chi connectivity index (χ0v) is 10.7. The molecule has 2 aromatic heterocycles. The largest absolute Gasteiger partial charge is 0.336 e. The number of aryl methyl sites for hydroxylation is 1. The second kappa shape index (κ2) is 5.01. The molecule has 0 saturated carbocycles. The highest BCUT2D eigenvalue weighted by Gasteiger charge is 2.17. The number of hydrogen-bond donors (Lipinski definition) is 2. The van der Waals surface area contributed by atoms with Gasteiger partial charge in [-0.25, -0.2) is 18.1 Å². The molecule has 0 aliphatic rings. The molecule has 0 spiro atoms. The molecule has 0 aliphatic heterocycles. The highest BCUT2D eigenvalue weighted by Crippen LogP contribution is 2.20. The van der Waals surface area contributed by atoms with Gasteiger partial charge in [0, 0.05) is 13.1 Å². The van der Waals surface area contributed by atoms with Crippen molar-refractivity contribution < 1.29 is 12.9 Å². The Balaban J connectivity index is 2.46. The van der Waals surface area contributed by atoms with Gasteiger partial charge in [0.15, 0.2) is 0 Å². The predicted molar refractivity (Wildman–Crippen MR) is 65.4 cm³/mol. The maximum absolute atomic E-state index is 11.9. The molecule has 0 aromatic carbocycles. The number of hydrogen-bond acceptors (Lipinski definition) is 6. The van der Waals surface area contributed by atoms with Gasteiger partial charge in [-0.2, -0.15) is 0 Å². The van der Waals surface area contributed by atoms with Gasteiger partial charge in [0.1, 0.15) is 4.90 Å². The van der Waals surface area contributed by atoms with Gasteiger partial charge in [-0.3, -0.25) is 0 Å². The van der Waals surface area contributed by atoms with Gasteiger partial charge in [-0.15, -0.1) is 0 Å². The maximum Gasteiger partial charge on any atom is 0.258 e. The molecule has 98 valence electrons. The van der Waals surface area contributed by atoms with Crippen molar-refractivity contribution in [3.05, 3.63) is 18.0 Å². The molecule has 0 fully saturated rings. The first-order chi connectivity index (χ1) is 8.58. The lowest BCUT2D eigenvalue weighted by molar-refractivity contribution is 0.439. The number of sulfonamides is 1. The van der Waals surface area contributed by atoms with E-state index in [-0.39, 0.29) is 18.0 Å². The minimum absolute atomic E-state index is 0.0846. The molecule has 0 bridgehead atoms. The van der Waals surface area contributed by atoms with Crippen LogP contribution in [0.1, 0.15) is 12.6 Å². The third-order valence-electron chi connectivity index (χ3n) is 2.46. The van der Waals surface area contributed by atoms with Crippen molar-refractivity contribution in [2.24, 2.45) is 5.73 Å². The zero-order valence-electron chi connectivity index (χ0n) is 9.88. The molecule has 2 aromatic rings. The minimum atomic E-state index is -3.58. The summed E-state index contributed by atoms with van der Waals surface area (Å²) in [5, 5.41) is 4.45. The second-order valence-corrected chi connectivity index (χ2v) is 5.46. The van der Waals surface area contributed by atoms with Crippen LogP contribution in [0.3, 0.4) is 0 Å². The number of nitrogens with two attached hydrogens (primary N) is 1. The second-order valence-electron chi connectivity index (χ2n) is 3.69. The third-order valence-corrected chi connectivity index (χ3v) is 3.89. The van der Waals surface area contributed by atoms with Crippen molar-refractivity contribution in [1.29, 1.82) is 0 Å². The van der Waals surface area contributed by atoms with Crippen LogP contribution in [0.2, 0.25) is 0 Å². The molecular formula is C10H14N4O3S. The molecule has 0 aliphatic carbocycles. The fourth-order valence-corrected chi connectivity index (χ4v) is 2.56. The molecule has 7 nitrogen and oxygen atoms in total. The Bertz CT molecular complexity index is 650. The molecule has 2 rings (SSSR count). The van der Waals surface area contributed by atoms with Crippen molar-refractivity contribution >= 4 is 21.1 Å². The number of pyridine rings is 1. The first-order valence-electron chi connectivity index (χ1n) is 5.52. The Morgan fingerprint density at radius 2 is 2.28 bits per heavy atom. The maximum atomic E-state index is 11.9. The Morgan fingerprint density at radius 1 is 1.50 bits per heavy atom. The van der Waals surface area contributed by atoms with E-state index in [2.05, 4.69) is 14.9 Å². The number of aromatic nitrogens is 2. The Labute approximate surface area is 104 Å². The van der Waals surface area contributed by atoms with Gasteiger partial charge in [0.2, 0.25) is 10.0 Å². The van der Waals surface area contributed by atoms with E-state index in [0.717, 1.165) is 0 Å². The molecule has 2 heterocycles. The normalized spacial score (nSPS) is 12.1. The van der Waals surface area contributed by atoms with Crippen LogP contribution in [-0.4, -0.2) is 31.6 Å². The van der Waals surface area contributed by atoms with Crippen molar-refractivity contribution in [3.8, 4) is 0 Å². The van der Waals surface area contributed by atoms with E-state index in [1.165, 1.54) is 12.3 Å². The summed E-state index contributed by atoms with van der Waals surface area (Å²) in [5.74, 6) is 0. The van der Waals surface area contributed by atoms with Crippen LogP contribution in [0, 0.1) is 0 Å². The van der Waals surface area contributed by atoms with E-state index < -0.39 is 10.0 Å². The summed E-state index contributed by atoms with van der Waals surface area (Å²) < 4.78 is 31.2. The van der Waals surface area contributed by atoms with Crippen molar-refractivity contribution in [2.75, 3.05) is 13.1 Å². The highest BCUT2D eigenvalue weighted by atomic mass is 32.2. The minimum Gasteiger partial charge on any atom is -0.336 e. The van der Waals surface area contributed by atoms with Gasteiger partial charge >= 0.3 is 0 Å². The molecular weight excluding hydrogens is 256 g/mol. The third kappa shape index (κ3) is 2.35. The van der Waals surface area contributed by atoms with Crippen LogP contribution in [0.25, 0.3) is 11.1 Å². The lowest BCUT2D eigenvalue weighted by Crippen LogP contribution is -2.29. The Hall–Kier alpha value is -1.51. The molecule has 3 N–H and O–H groups in total. The lowest BCUT2D eigenvalue weighted by atomic mass is 10.2. The van der Waals surface area contributed by atoms with Gasteiger partial charge in [0.25, 0.3) is 5.71 Å². The van der Waals surface area contributed by atoms with E-state index in [4.69, 9.17) is 10.3 Å². The van der Waals surface area contributed by atoms with Crippen LogP contribution in [0.5, 0.6) is 0 Å². The monoisotopic (exact) mass is 270 g/mol. The quantitative estimate of drug-likeness (QED) is 0.792. The van der Waals surface area contributed by atoms with Gasteiger partial charge in [0.05, 0.1) is 17.3 Å².